The van der Waals surface area contributed by atoms with Gasteiger partial charge in [-0.15, -0.1) is 0 Å². The number of pyridine rings is 1. The molecule has 2 unspecified atom stereocenters. The number of anilines is 1. The zero-order chi connectivity index (χ0) is 23.4. The van der Waals surface area contributed by atoms with Gasteiger partial charge in [0.1, 0.15) is 11.2 Å². The van der Waals surface area contributed by atoms with E-state index >= 15 is 4.39 Å². The van der Waals surface area contributed by atoms with Crippen molar-refractivity contribution in [1.82, 2.24) is 14.8 Å². The van der Waals surface area contributed by atoms with Crippen molar-refractivity contribution in [3.05, 3.63) is 59.7 Å². The fraction of sp³-hybridized carbons (Fsp3) is 0.440. The molecule has 0 spiro atoms. The van der Waals surface area contributed by atoms with Crippen molar-refractivity contribution in [2.24, 2.45) is 5.41 Å². The summed E-state index contributed by atoms with van der Waals surface area (Å²) < 4.78 is 15.1. The summed E-state index contributed by atoms with van der Waals surface area (Å²) in [6.07, 6.45) is 5.02. The Morgan fingerprint density at radius 2 is 2.00 bits per heavy atom. The quantitative estimate of drug-likeness (QED) is 0.773. The maximum Gasteiger partial charge on any atom is 0.257 e. The van der Waals surface area contributed by atoms with Gasteiger partial charge in [-0.05, 0) is 56.5 Å². The Morgan fingerprint density at radius 1 is 1.21 bits per heavy atom. The summed E-state index contributed by atoms with van der Waals surface area (Å²) in [6, 6.07) is 10.2. The number of rotatable bonds is 4. The van der Waals surface area contributed by atoms with Gasteiger partial charge in [-0.2, -0.15) is 5.26 Å². The number of benzene rings is 1. The van der Waals surface area contributed by atoms with E-state index in [1.54, 1.807) is 35.4 Å². The third kappa shape index (κ3) is 4.74. The summed E-state index contributed by atoms with van der Waals surface area (Å²) in [5.74, 6) is -1.32. The minimum absolute atomic E-state index is 0.153. The summed E-state index contributed by atoms with van der Waals surface area (Å²) in [4.78, 5) is 34.0. The van der Waals surface area contributed by atoms with Gasteiger partial charge in [0, 0.05) is 49.8 Å². The molecule has 172 valence electrons. The van der Waals surface area contributed by atoms with Crippen LogP contribution >= 0.6 is 0 Å². The van der Waals surface area contributed by atoms with Crippen LogP contribution in [0.1, 0.15) is 47.5 Å². The van der Waals surface area contributed by atoms with E-state index in [0.29, 0.717) is 49.2 Å². The van der Waals surface area contributed by atoms with E-state index < -0.39 is 11.2 Å². The van der Waals surface area contributed by atoms with Crippen LogP contribution in [0.25, 0.3) is 0 Å². The van der Waals surface area contributed by atoms with Crippen molar-refractivity contribution in [3.8, 4) is 6.07 Å². The molecule has 0 radical (unpaired) electrons. The molecule has 4 rings (SSSR count). The molecule has 7 nitrogen and oxygen atoms in total. The number of nitrogens with one attached hydrogen (secondary N) is 1. The van der Waals surface area contributed by atoms with Gasteiger partial charge in [0.05, 0.1) is 11.6 Å². The summed E-state index contributed by atoms with van der Waals surface area (Å²) in [7, 11) is 2.01. The molecule has 2 amide bonds. The highest BCUT2D eigenvalue weighted by molar-refractivity contribution is 6.04. The van der Waals surface area contributed by atoms with Crippen LogP contribution in [0, 0.1) is 22.6 Å². The Hall–Kier alpha value is -3.31. The minimum atomic E-state index is -1.17. The van der Waals surface area contributed by atoms with Crippen LogP contribution < -0.4 is 5.32 Å². The smallest absolute Gasteiger partial charge is 0.257 e. The monoisotopic (exact) mass is 449 g/mol. The number of carbonyl (C=O) groups is 2. The zero-order valence-electron chi connectivity index (χ0n) is 18.8. The first-order chi connectivity index (χ1) is 15.9. The Balaban J connectivity index is 1.59. The van der Waals surface area contributed by atoms with Crippen molar-refractivity contribution in [2.45, 2.75) is 31.6 Å². The molecule has 1 saturated heterocycles. The predicted molar refractivity (Wildman–Crippen MR) is 122 cm³/mol. The number of hydrogen-bond donors (Lipinski definition) is 1. The average molecular weight is 450 g/mol. The fourth-order valence-electron chi connectivity index (χ4n) is 4.93. The number of halogens is 1. The third-order valence-corrected chi connectivity index (χ3v) is 6.80. The highest BCUT2D eigenvalue weighted by atomic mass is 19.1. The summed E-state index contributed by atoms with van der Waals surface area (Å²) in [5, 5.41) is 12.9. The molecular weight excluding hydrogens is 421 g/mol. The molecule has 2 fully saturated rings. The Kier molecular flexibility index (Phi) is 6.70. The lowest BCUT2D eigenvalue weighted by molar-refractivity contribution is -0.142. The first-order valence-corrected chi connectivity index (χ1v) is 11.3. The van der Waals surface area contributed by atoms with Gasteiger partial charge in [-0.3, -0.25) is 14.6 Å². The SMILES string of the molecule is CN1CCN(C(=O)C2(C#N)CCCC(c3c(F)cccc3NC(=O)c3cccnc3)C2)CC1. The molecule has 1 N–H and O–H groups in total. The van der Waals surface area contributed by atoms with E-state index in [9.17, 15) is 14.9 Å². The molecular formula is C25H28FN5O2. The van der Waals surface area contributed by atoms with Crippen LogP contribution in [0.15, 0.2) is 42.7 Å². The topological polar surface area (TPSA) is 89.3 Å². The molecule has 1 aliphatic heterocycles. The van der Waals surface area contributed by atoms with Crippen molar-refractivity contribution >= 4 is 17.5 Å². The van der Waals surface area contributed by atoms with E-state index in [-0.39, 0.29) is 24.2 Å². The Morgan fingerprint density at radius 3 is 2.70 bits per heavy atom. The van der Waals surface area contributed by atoms with Gasteiger partial charge >= 0.3 is 0 Å². The number of aromatic nitrogens is 1. The molecule has 0 bridgehead atoms. The van der Waals surface area contributed by atoms with Gasteiger partial charge in [0.2, 0.25) is 5.91 Å². The highest BCUT2D eigenvalue weighted by Crippen LogP contribution is 2.47. The second-order valence-electron chi connectivity index (χ2n) is 8.98. The number of nitrogens with zero attached hydrogens (tertiary/aromatic N) is 4. The first-order valence-electron chi connectivity index (χ1n) is 11.3. The third-order valence-electron chi connectivity index (χ3n) is 6.80. The van der Waals surface area contributed by atoms with Crippen LogP contribution in [0.4, 0.5) is 10.1 Å². The van der Waals surface area contributed by atoms with Gasteiger partial charge < -0.3 is 15.1 Å². The number of carbonyl (C=O) groups excluding carboxylic acids is 2. The first kappa shape index (κ1) is 22.9. The second kappa shape index (κ2) is 9.67. The lowest BCUT2D eigenvalue weighted by Gasteiger charge is -2.41. The molecule has 1 aliphatic carbocycles. The van der Waals surface area contributed by atoms with Crippen LogP contribution in [-0.2, 0) is 4.79 Å². The minimum Gasteiger partial charge on any atom is -0.339 e. The van der Waals surface area contributed by atoms with Crippen LogP contribution in [0.2, 0.25) is 0 Å². The fourth-order valence-corrected chi connectivity index (χ4v) is 4.93. The summed E-state index contributed by atoms with van der Waals surface area (Å²) in [6.45, 7) is 2.73. The molecule has 1 aromatic heterocycles. The van der Waals surface area contributed by atoms with Crippen molar-refractivity contribution in [3.63, 3.8) is 0 Å². The van der Waals surface area contributed by atoms with Gasteiger partial charge in [0.25, 0.3) is 5.91 Å². The average Bonchev–Trinajstić information content (AvgIpc) is 2.84. The van der Waals surface area contributed by atoms with Crippen LogP contribution in [0.5, 0.6) is 0 Å². The van der Waals surface area contributed by atoms with E-state index in [0.717, 1.165) is 13.1 Å². The van der Waals surface area contributed by atoms with E-state index in [2.05, 4.69) is 21.3 Å². The lowest BCUT2D eigenvalue weighted by Crippen LogP contribution is -2.53. The number of piperazine rings is 1. The molecule has 33 heavy (non-hydrogen) atoms. The highest BCUT2D eigenvalue weighted by Gasteiger charge is 2.46. The lowest BCUT2D eigenvalue weighted by atomic mass is 9.67. The molecule has 1 saturated carbocycles. The zero-order valence-corrected chi connectivity index (χ0v) is 18.8. The van der Waals surface area contributed by atoms with E-state index in [4.69, 9.17) is 0 Å². The molecule has 2 heterocycles. The van der Waals surface area contributed by atoms with Gasteiger partial charge in [-0.25, -0.2) is 4.39 Å². The molecule has 8 heteroatoms. The number of amides is 2. The normalized spacial score (nSPS) is 23.5. The van der Waals surface area contributed by atoms with E-state index in [1.807, 2.05) is 7.05 Å². The van der Waals surface area contributed by atoms with Crippen molar-refractivity contribution < 1.29 is 14.0 Å². The molecule has 2 aliphatic rings. The molecule has 2 aromatic rings. The standard InChI is InChI=1S/C25H28FN5O2/c1-30-11-13-31(14-12-30)24(33)25(17-27)9-3-5-18(15-25)22-20(26)7-2-8-21(22)29-23(32)19-6-4-10-28-16-19/h2,4,6-8,10,16,18H,3,5,9,11-15H2,1H3,(H,29,32). The second-order valence-corrected chi connectivity index (χ2v) is 8.98. The van der Waals surface area contributed by atoms with Crippen molar-refractivity contribution in [2.75, 3.05) is 38.5 Å². The summed E-state index contributed by atoms with van der Waals surface area (Å²) >= 11 is 0. The summed E-state index contributed by atoms with van der Waals surface area (Å²) in [5.41, 5.74) is -0.0750. The maximum atomic E-state index is 15.1. The molecule has 1 aromatic carbocycles. The Bertz CT molecular complexity index is 1060. The maximum absolute atomic E-state index is 15.1. The van der Waals surface area contributed by atoms with Gasteiger partial charge in [-0.1, -0.05) is 12.5 Å². The number of hydrogen-bond acceptors (Lipinski definition) is 5. The molecule has 2 atom stereocenters. The number of likely N-dealkylation sites (N-methyl/N-ethyl adjacent to an activating group) is 1. The predicted octanol–water partition coefficient (Wildman–Crippen LogP) is 3.41. The van der Waals surface area contributed by atoms with E-state index in [1.165, 1.54) is 12.3 Å². The number of nitriles is 1. The van der Waals surface area contributed by atoms with Crippen LogP contribution in [0.3, 0.4) is 0 Å². The van der Waals surface area contributed by atoms with Crippen molar-refractivity contribution in [1.29, 1.82) is 5.26 Å². The largest absolute Gasteiger partial charge is 0.339 e. The van der Waals surface area contributed by atoms with Crippen LogP contribution in [-0.4, -0.2) is 59.8 Å². The van der Waals surface area contributed by atoms with Gasteiger partial charge in [0.15, 0.2) is 0 Å². The Labute approximate surface area is 193 Å².